The van der Waals surface area contributed by atoms with Crippen molar-refractivity contribution < 1.29 is 13.5 Å². The van der Waals surface area contributed by atoms with E-state index in [1.54, 1.807) is 6.92 Å². The van der Waals surface area contributed by atoms with E-state index in [4.69, 9.17) is 11.6 Å². The zero-order chi connectivity index (χ0) is 14.3. The molecule has 0 amide bonds. The summed E-state index contributed by atoms with van der Waals surface area (Å²) in [4.78, 5) is 0. The van der Waals surface area contributed by atoms with Gasteiger partial charge >= 0.3 is 0 Å². The Kier molecular flexibility index (Phi) is 6.83. The molecule has 0 aliphatic heterocycles. The van der Waals surface area contributed by atoms with Crippen molar-refractivity contribution in [3.05, 3.63) is 34.9 Å². The lowest BCUT2D eigenvalue weighted by molar-refractivity contribution is 0.217. The SMILES string of the molecule is CCS(=O)(=O)CCCC(CO)Cc1ccccc1Cl. The van der Waals surface area contributed by atoms with Gasteiger partial charge in [-0.2, -0.15) is 0 Å². The maximum Gasteiger partial charge on any atom is 0.150 e. The Hall–Kier alpha value is -0.580. The van der Waals surface area contributed by atoms with Gasteiger partial charge in [0.1, 0.15) is 9.84 Å². The van der Waals surface area contributed by atoms with Crippen LogP contribution < -0.4 is 0 Å². The average Bonchev–Trinajstić information content (AvgIpc) is 2.39. The molecule has 108 valence electrons. The van der Waals surface area contributed by atoms with E-state index in [1.165, 1.54) is 0 Å². The van der Waals surface area contributed by atoms with Gasteiger partial charge in [0, 0.05) is 17.4 Å². The Morgan fingerprint density at radius 2 is 2.00 bits per heavy atom. The summed E-state index contributed by atoms with van der Waals surface area (Å²) >= 11 is 6.08. The number of aliphatic hydroxyl groups excluding tert-OH is 1. The molecule has 3 nitrogen and oxygen atoms in total. The Morgan fingerprint density at radius 1 is 1.32 bits per heavy atom. The normalized spacial score (nSPS) is 13.4. The van der Waals surface area contributed by atoms with Crippen LogP contribution in [0.4, 0.5) is 0 Å². The van der Waals surface area contributed by atoms with Crippen molar-refractivity contribution in [1.29, 1.82) is 0 Å². The Labute approximate surface area is 120 Å². The molecule has 0 fully saturated rings. The molecule has 1 aromatic carbocycles. The van der Waals surface area contributed by atoms with Crippen molar-refractivity contribution in [2.45, 2.75) is 26.2 Å². The molecule has 0 aromatic heterocycles. The second-order valence-electron chi connectivity index (χ2n) is 4.72. The standard InChI is InChI=1S/C14H21ClO3S/c1-2-19(17,18)9-5-6-12(11-16)10-13-7-3-4-8-14(13)15/h3-4,7-8,12,16H,2,5-6,9-11H2,1H3. The summed E-state index contributed by atoms with van der Waals surface area (Å²) in [5.74, 6) is 0.441. The summed E-state index contributed by atoms with van der Waals surface area (Å²) in [5, 5.41) is 10.1. The summed E-state index contributed by atoms with van der Waals surface area (Å²) in [6.45, 7) is 1.71. The molecule has 1 rings (SSSR count). The molecular formula is C14H21ClO3S. The van der Waals surface area contributed by atoms with Crippen molar-refractivity contribution >= 4 is 21.4 Å². The molecule has 1 aromatic rings. The van der Waals surface area contributed by atoms with Gasteiger partial charge in [-0.1, -0.05) is 36.7 Å². The van der Waals surface area contributed by atoms with Crippen LogP contribution >= 0.6 is 11.6 Å². The maximum absolute atomic E-state index is 11.4. The molecule has 1 N–H and O–H groups in total. The first-order chi connectivity index (χ1) is 8.98. The third-order valence-corrected chi connectivity index (χ3v) is 5.39. The zero-order valence-corrected chi connectivity index (χ0v) is 12.8. The molecule has 0 spiro atoms. The van der Waals surface area contributed by atoms with Crippen LogP contribution in [0, 0.1) is 5.92 Å². The van der Waals surface area contributed by atoms with Gasteiger partial charge in [0.25, 0.3) is 0 Å². The van der Waals surface area contributed by atoms with Crippen LogP contribution in [-0.4, -0.2) is 31.6 Å². The topological polar surface area (TPSA) is 54.4 Å². The summed E-state index contributed by atoms with van der Waals surface area (Å²) in [6.07, 6.45) is 1.97. The molecule has 19 heavy (non-hydrogen) atoms. The number of hydrogen-bond donors (Lipinski definition) is 1. The van der Waals surface area contributed by atoms with E-state index in [-0.39, 0.29) is 24.0 Å². The second kappa shape index (κ2) is 7.88. The van der Waals surface area contributed by atoms with Crippen molar-refractivity contribution in [3.8, 4) is 0 Å². The van der Waals surface area contributed by atoms with Crippen LogP contribution in [-0.2, 0) is 16.3 Å². The molecule has 0 heterocycles. The van der Waals surface area contributed by atoms with Crippen molar-refractivity contribution in [3.63, 3.8) is 0 Å². The van der Waals surface area contributed by atoms with Crippen LogP contribution in [0.3, 0.4) is 0 Å². The lowest BCUT2D eigenvalue weighted by Crippen LogP contribution is -2.14. The number of halogens is 1. The number of aliphatic hydroxyl groups is 1. The third kappa shape index (κ3) is 5.93. The predicted molar refractivity (Wildman–Crippen MR) is 79.3 cm³/mol. The highest BCUT2D eigenvalue weighted by molar-refractivity contribution is 7.91. The first-order valence-corrected chi connectivity index (χ1v) is 8.73. The smallest absolute Gasteiger partial charge is 0.150 e. The van der Waals surface area contributed by atoms with E-state index in [0.717, 1.165) is 5.56 Å². The molecule has 1 atom stereocenters. The van der Waals surface area contributed by atoms with Gasteiger partial charge in [-0.15, -0.1) is 0 Å². The minimum Gasteiger partial charge on any atom is -0.396 e. The fourth-order valence-corrected chi connectivity index (χ4v) is 3.08. The zero-order valence-electron chi connectivity index (χ0n) is 11.2. The van der Waals surface area contributed by atoms with Gasteiger partial charge in [-0.25, -0.2) is 8.42 Å². The van der Waals surface area contributed by atoms with Crippen molar-refractivity contribution in [1.82, 2.24) is 0 Å². The Morgan fingerprint density at radius 3 is 2.58 bits per heavy atom. The van der Waals surface area contributed by atoms with Crippen LogP contribution in [0.1, 0.15) is 25.3 Å². The molecule has 0 aliphatic carbocycles. The van der Waals surface area contributed by atoms with Crippen LogP contribution in [0.5, 0.6) is 0 Å². The largest absolute Gasteiger partial charge is 0.396 e. The molecule has 1 unspecified atom stereocenters. The van der Waals surface area contributed by atoms with E-state index in [0.29, 0.717) is 24.3 Å². The highest BCUT2D eigenvalue weighted by atomic mass is 35.5. The van der Waals surface area contributed by atoms with Crippen LogP contribution in [0.25, 0.3) is 0 Å². The fraction of sp³-hybridized carbons (Fsp3) is 0.571. The fourth-order valence-electron chi connectivity index (χ4n) is 1.97. The Balaban J connectivity index is 2.49. The highest BCUT2D eigenvalue weighted by Crippen LogP contribution is 2.21. The summed E-state index contributed by atoms with van der Waals surface area (Å²) in [7, 11) is -2.91. The van der Waals surface area contributed by atoms with Gasteiger partial charge in [-0.05, 0) is 36.8 Å². The van der Waals surface area contributed by atoms with Gasteiger partial charge in [0.2, 0.25) is 0 Å². The summed E-state index contributed by atoms with van der Waals surface area (Å²) in [5.41, 5.74) is 1.00. The molecule has 0 saturated heterocycles. The molecular weight excluding hydrogens is 284 g/mol. The first-order valence-electron chi connectivity index (χ1n) is 6.53. The lowest BCUT2D eigenvalue weighted by Gasteiger charge is -2.14. The molecule has 0 aliphatic rings. The lowest BCUT2D eigenvalue weighted by atomic mass is 9.96. The number of hydrogen-bond acceptors (Lipinski definition) is 3. The van der Waals surface area contributed by atoms with Crippen LogP contribution in [0.2, 0.25) is 5.02 Å². The molecule has 0 saturated carbocycles. The van der Waals surface area contributed by atoms with Gasteiger partial charge in [-0.3, -0.25) is 0 Å². The van der Waals surface area contributed by atoms with Crippen molar-refractivity contribution in [2.75, 3.05) is 18.1 Å². The molecule has 5 heteroatoms. The minimum absolute atomic E-state index is 0.0530. The van der Waals surface area contributed by atoms with E-state index < -0.39 is 9.84 Å². The molecule has 0 bridgehead atoms. The first kappa shape index (κ1) is 16.5. The van der Waals surface area contributed by atoms with Crippen LogP contribution in [0.15, 0.2) is 24.3 Å². The van der Waals surface area contributed by atoms with E-state index in [1.807, 2.05) is 24.3 Å². The average molecular weight is 305 g/mol. The number of sulfone groups is 1. The number of rotatable bonds is 8. The monoisotopic (exact) mass is 304 g/mol. The minimum atomic E-state index is -2.91. The predicted octanol–water partition coefficient (Wildman–Crippen LogP) is 2.71. The summed E-state index contributed by atoms with van der Waals surface area (Å²) in [6, 6.07) is 7.55. The van der Waals surface area contributed by atoms with Gasteiger partial charge in [0.15, 0.2) is 0 Å². The summed E-state index contributed by atoms with van der Waals surface area (Å²) < 4.78 is 22.8. The number of benzene rings is 1. The van der Waals surface area contributed by atoms with Gasteiger partial charge < -0.3 is 5.11 Å². The van der Waals surface area contributed by atoms with E-state index in [9.17, 15) is 13.5 Å². The van der Waals surface area contributed by atoms with Crippen molar-refractivity contribution in [2.24, 2.45) is 5.92 Å². The van der Waals surface area contributed by atoms with E-state index >= 15 is 0 Å². The Bertz CT molecular complexity index is 485. The highest BCUT2D eigenvalue weighted by Gasteiger charge is 2.13. The second-order valence-corrected chi connectivity index (χ2v) is 7.60. The van der Waals surface area contributed by atoms with E-state index in [2.05, 4.69) is 0 Å². The molecule has 0 radical (unpaired) electrons. The quantitative estimate of drug-likeness (QED) is 0.803. The third-order valence-electron chi connectivity index (χ3n) is 3.23. The van der Waals surface area contributed by atoms with Gasteiger partial charge in [0.05, 0.1) is 5.75 Å². The maximum atomic E-state index is 11.4.